The zero-order chi connectivity index (χ0) is 9.40. The maximum Gasteiger partial charge on any atom is 0.329 e. The minimum atomic E-state index is -0.978. The van der Waals surface area contributed by atoms with Gasteiger partial charge in [-0.1, -0.05) is 0 Å². The molecule has 0 aliphatic carbocycles. The number of hydrogen-bond acceptors (Lipinski definition) is 4. The van der Waals surface area contributed by atoms with Crippen LogP contribution in [0.5, 0.6) is 0 Å². The number of rotatable bonds is 6. The van der Waals surface area contributed by atoms with Crippen LogP contribution >= 0.6 is 0 Å². The molecule has 0 amide bonds. The van der Waals surface area contributed by atoms with E-state index in [1.807, 2.05) is 0 Å². The summed E-state index contributed by atoms with van der Waals surface area (Å²) < 4.78 is 4.70. The highest BCUT2D eigenvalue weighted by atomic mass is 16.5. The number of carbonyl (C=O) groups is 1. The molecule has 0 aromatic heterocycles. The number of amidine groups is 1. The molecule has 0 rings (SSSR count). The minimum absolute atomic E-state index is 0.285. The average molecular weight is 175 g/mol. The van der Waals surface area contributed by atoms with E-state index in [-0.39, 0.29) is 6.61 Å². The normalized spacial score (nSPS) is 11.2. The largest absolute Gasteiger partial charge is 0.480 e. The number of aliphatic carboxylic acids is 1. The first-order valence-corrected chi connectivity index (χ1v) is 3.45. The molecule has 0 saturated carbocycles. The van der Waals surface area contributed by atoms with E-state index in [1.54, 1.807) is 6.92 Å². The van der Waals surface area contributed by atoms with Gasteiger partial charge in [-0.15, -0.1) is 0 Å². The number of hydrazone groups is 1. The number of nitrogens with one attached hydrogen (secondary N) is 1. The molecule has 0 aromatic rings. The van der Waals surface area contributed by atoms with Gasteiger partial charge in [0.15, 0.2) is 0 Å². The molecule has 4 N–H and O–H groups in total. The van der Waals surface area contributed by atoms with Crippen molar-refractivity contribution in [3.8, 4) is 0 Å². The standard InChI is InChI=1S/C6H13N3O3/c1-5(7)9-8-2-3-12-4-6(10)11/h8H,2-4H2,1H3,(H2,7,9)(H,10,11). The Labute approximate surface area is 70.4 Å². The molecular formula is C6H13N3O3. The first-order valence-electron chi connectivity index (χ1n) is 3.45. The molecule has 70 valence electrons. The Kier molecular flexibility index (Phi) is 5.72. The Morgan fingerprint density at radius 1 is 1.75 bits per heavy atom. The lowest BCUT2D eigenvalue weighted by atomic mass is 10.7. The topological polar surface area (TPSA) is 96.9 Å². The molecule has 0 heterocycles. The molecule has 0 aliphatic rings. The van der Waals surface area contributed by atoms with Crippen molar-refractivity contribution >= 4 is 11.8 Å². The Bertz CT molecular complexity index is 165. The van der Waals surface area contributed by atoms with Gasteiger partial charge in [0, 0.05) is 0 Å². The number of carboxylic acids is 1. The van der Waals surface area contributed by atoms with E-state index in [0.717, 1.165) is 0 Å². The van der Waals surface area contributed by atoms with Gasteiger partial charge in [-0.25, -0.2) is 4.79 Å². The van der Waals surface area contributed by atoms with E-state index in [0.29, 0.717) is 19.0 Å². The second kappa shape index (κ2) is 6.41. The summed E-state index contributed by atoms with van der Waals surface area (Å²) in [6, 6.07) is 0. The fraction of sp³-hybridized carbons (Fsp3) is 0.667. The zero-order valence-electron chi connectivity index (χ0n) is 6.91. The van der Waals surface area contributed by atoms with Crippen molar-refractivity contribution in [3.63, 3.8) is 0 Å². The second-order valence-electron chi connectivity index (χ2n) is 2.11. The van der Waals surface area contributed by atoms with E-state index < -0.39 is 5.97 Å². The fourth-order valence-corrected chi connectivity index (χ4v) is 0.458. The Balaban J connectivity index is 3.11. The summed E-state index contributed by atoms with van der Waals surface area (Å²) in [6.07, 6.45) is 0. The molecule has 0 unspecified atom stereocenters. The summed E-state index contributed by atoms with van der Waals surface area (Å²) in [7, 11) is 0. The molecule has 0 radical (unpaired) electrons. The van der Waals surface area contributed by atoms with Crippen molar-refractivity contribution in [1.82, 2.24) is 5.43 Å². The Morgan fingerprint density at radius 3 is 2.92 bits per heavy atom. The van der Waals surface area contributed by atoms with Gasteiger partial charge in [0.2, 0.25) is 0 Å². The van der Waals surface area contributed by atoms with E-state index in [9.17, 15) is 4.79 Å². The minimum Gasteiger partial charge on any atom is -0.480 e. The van der Waals surface area contributed by atoms with Crippen molar-refractivity contribution in [2.24, 2.45) is 10.8 Å². The van der Waals surface area contributed by atoms with Gasteiger partial charge in [0.25, 0.3) is 0 Å². The number of nitrogens with two attached hydrogens (primary N) is 1. The first-order chi connectivity index (χ1) is 5.63. The van der Waals surface area contributed by atoms with Gasteiger partial charge >= 0.3 is 5.97 Å². The summed E-state index contributed by atoms with van der Waals surface area (Å²) in [5, 5.41) is 11.8. The van der Waals surface area contributed by atoms with Crippen LogP contribution in [0.1, 0.15) is 6.92 Å². The second-order valence-corrected chi connectivity index (χ2v) is 2.11. The van der Waals surface area contributed by atoms with Crippen LogP contribution < -0.4 is 11.2 Å². The van der Waals surface area contributed by atoms with Gasteiger partial charge < -0.3 is 21.0 Å². The van der Waals surface area contributed by atoms with Crippen molar-refractivity contribution in [2.45, 2.75) is 6.92 Å². The quantitative estimate of drug-likeness (QED) is 0.207. The lowest BCUT2D eigenvalue weighted by Gasteiger charge is -2.00. The van der Waals surface area contributed by atoms with Crippen molar-refractivity contribution < 1.29 is 14.6 Å². The van der Waals surface area contributed by atoms with E-state index in [1.165, 1.54) is 0 Å². The van der Waals surface area contributed by atoms with Crippen LogP contribution in [0.25, 0.3) is 0 Å². The first kappa shape index (κ1) is 10.7. The molecule has 6 nitrogen and oxygen atoms in total. The van der Waals surface area contributed by atoms with Gasteiger partial charge in [0.05, 0.1) is 13.2 Å². The van der Waals surface area contributed by atoms with Crippen LogP contribution in [0.15, 0.2) is 5.10 Å². The lowest BCUT2D eigenvalue weighted by Crippen LogP contribution is -2.20. The van der Waals surface area contributed by atoms with Gasteiger partial charge in [0.1, 0.15) is 12.4 Å². The molecule has 12 heavy (non-hydrogen) atoms. The molecule has 0 saturated heterocycles. The molecule has 0 spiro atoms. The molecule has 0 bridgehead atoms. The molecule has 0 aromatic carbocycles. The van der Waals surface area contributed by atoms with Crippen LogP contribution in [0, 0.1) is 0 Å². The molecular weight excluding hydrogens is 162 g/mol. The van der Waals surface area contributed by atoms with Crippen LogP contribution in [0.2, 0.25) is 0 Å². The smallest absolute Gasteiger partial charge is 0.329 e. The average Bonchev–Trinajstić information content (AvgIpc) is 1.95. The third kappa shape index (κ3) is 8.70. The highest BCUT2D eigenvalue weighted by Crippen LogP contribution is 1.73. The maximum absolute atomic E-state index is 9.95. The van der Waals surface area contributed by atoms with Crippen LogP contribution in [-0.4, -0.2) is 36.7 Å². The molecule has 0 fully saturated rings. The maximum atomic E-state index is 9.95. The lowest BCUT2D eigenvalue weighted by molar-refractivity contribution is -0.142. The third-order valence-corrected chi connectivity index (χ3v) is 0.839. The highest BCUT2D eigenvalue weighted by Gasteiger charge is 1.94. The number of hydrogen-bond donors (Lipinski definition) is 3. The van der Waals surface area contributed by atoms with Gasteiger partial charge in [-0.05, 0) is 6.92 Å². The summed E-state index contributed by atoms with van der Waals surface area (Å²) in [5.74, 6) is -0.554. The molecule has 0 atom stereocenters. The number of nitrogens with zero attached hydrogens (tertiary/aromatic N) is 1. The van der Waals surface area contributed by atoms with E-state index in [2.05, 4.69) is 10.5 Å². The summed E-state index contributed by atoms with van der Waals surface area (Å²) in [4.78, 5) is 9.95. The predicted molar refractivity (Wildman–Crippen MR) is 43.8 cm³/mol. The highest BCUT2D eigenvalue weighted by molar-refractivity contribution is 5.77. The predicted octanol–water partition coefficient (Wildman–Crippen LogP) is -1.03. The third-order valence-electron chi connectivity index (χ3n) is 0.839. The van der Waals surface area contributed by atoms with Crippen LogP contribution in [-0.2, 0) is 9.53 Å². The van der Waals surface area contributed by atoms with Crippen molar-refractivity contribution in [1.29, 1.82) is 0 Å². The number of carboxylic acid groups (broad SMARTS) is 1. The monoisotopic (exact) mass is 175 g/mol. The van der Waals surface area contributed by atoms with E-state index in [4.69, 9.17) is 15.6 Å². The SMILES string of the molecule is C/C(N)=N/NCCOCC(=O)O. The van der Waals surface area contributed by atoms with Gasteiger partial charge in [-0.3, -0.25) is 0 Å². The van der Waals surface area contributed by atoms with Crippen LogP contribution in [0.4, 0.5) is 0 Å². The van der Waals surface area contributed by atoms with Crippen molar-refractivity contribution in [2.75, 3.05) is 19.8 Å². The molecule has 0 aliphatic heterocycles. The van der Waals surface area contributed by atoms with Crippen LogP contribution in [0.3, 0.4) is 0 Å². The Morgan fingerprint density at radius 2 is 2.42 bits per heavy atom. The fourth-order valence-electron chi connectivity index (χ4n) is 0.458. The summed E-state index contributed by atoms with van der Waals surface area (Å²) in [6.45, 7) is 2.10. The van der Waals surface area contributed by atoms with E-state index >= 15 is 0 Å². The Hall–Kier alpha value is -1.30. The van der Waals surface area contributed by atoms with Gasteiger partial charge in [-0.2, -0.15) is 5.10 Å². The molecule has 6 heteroatoms. The number of ether oxygens (including phenoxy) is 1. The summed E-state index contributed by atoms with van der Waals surface area (Å²) in [5.41, 5.74) is 7.81. The van der Waals surface area contributed by atoms with Crippen molar-refractivity contribution in [3.05, 3.63) is 0 Å². The zero-order valence-corrected chi connectivity index (χ0v) is 6.91. The summed E-state index contributed by atoms with van der Waals surface area (Å²) >= 11 is 0.